The van der Waals surface area contributed by atoms with E-state index >= 15 is 0 Å². The number of aromatic amines is 1. The van der Waals surface area contributed by atoms with Crippen LogP contribution in [0, 0.1) is 6.92 Å². The summed E-state index contributed by atoms with van der Waals surface area (Å²) in [5.41, 5.74) is 2.46. The van der Waals surface area contributed by atoms with Crippen molar-refractivity contribution < 1.29 is 4.57 Å². The van der Waals surface area contributed by atoms with Crippen LogP contribution in [0.25, 0.3) is 6.08 Å². The molecule has 15 heavy (non-hydrogen) atoms. The predicted octanol–water partition coefficient (Wildman–Crippen LogP) is 2.30. The first-order chi connectivity index (χ1) is 7.29. The molecule has 0 aliphatic rings. The van der Waals surface area contributed by atoms with Gasteiger partial charge in [-0.2, -0.15) is 0 Å². The van der Waals surface area contributed by atoms with E-state index in [-0.39, 0.29) is 0 Å². The standard InChI is InChI=1S/C13H14N2/c1-3-12-4-6-13(7-5-12)10-15-9-8-14-11(15)2/h3-9H,1,10H2,2H3/p+1. The largest absolute Gasteiger partial charge is 0.251 e. The molecular formula is C13H15N2+. The second-order valence-electron chi connectivity index (χ2n) is 3.62. The molecule has 0 aliphatic heterocycles. The lowest BCUT2D eigenvalue weighted by atomic mass is 10.1. The average molecular weight is 199 g/mol. The van der Waals surface area contributed by atoms with Crippen LogP contribution in [-0.4, -0.2) is 4.98 Å². The van der Waals surface area contributed by atoms with Crippen LogP contribution in [-0.2, 0) is 6.54 Å². The fourth-order valence-electron chi connectivity index (χ4n) is 1.57. The number of nitrogens with zero attached hydrogens (tertiary/aromatic N) is 1. The molecule has 0 saturated heterocycles. The van der Waals surface area contributed by atoms with Crippen LogP contribution in [0.15, 0.2) is 43.2 Å². The molecule has 1 heterocycles. The summed E-state index contributed by atoms with van der Waals surface area (Å²) in [6, 6.07) is 8.45. The predicted molar refractivity (Wildman–Crippen MR) is 61.4 cm³/mol. The van der Waals surface area contributed by atoms with Crippen molar-refractivity contribution in [1.29, 1.82) is 0 Å². The number of nitrogens with one attached hydrogen (secondary N) is 1. The van der Waals surface area contributed by atoms with Crippen LogP contribution in [0.1, 0.15) is 17.0 Å². The molecule has 0 unspecified atom stereocenters. The molecule has 0 bridgehead atoms. The molecule has 0 atom stereocenters. The van der Waals surface area contributed by atoms with Gasteiger partial charge in [0.2, 0.25) is 0 Å². The Bertz CT molecular complexity index is 452. The van der Waals surface area contributed by atoms with E-state index < -0.39 is 0 Å². The summed E-state index contributed by atoms with van der Waals surface area (Å²) in [7, 11) is 0. The Morgan fingerprint density at radius 2 is 2.07 bits per heavy atom. The molecule has 1 aromatic heterocycles. The first-order valence-electron chi connectivity index (χ1n) is 5.04. The molecule has 0 fully saturated rings. The van der Waals surface area contributed by atoms with E-state index in [0.717, 1.165) is 12.1 Å². The highest BCUT2D eigenvalue weighted by atomic mass is 15.0. The summed E-state index contributed by atoms with van der Waals surface area (Å²) in [5.74, 6) is 1.17. The average Bonchev–Trinajstić information content (AvgIpc) is 2.66. The Morgan fingerprint density at radius 1 is 1.33 bits per heavy atom. The summed E-state index contributed by atoms with van der Waals surface area (Å²) in [5, 5.41) is 0. The maximum Gasteiger partial charge on any atom is 0.251 e. The third kappa shape index (κ3) is 2.15. The van der Waals surface area contributed by atoms with Gasteiger partial charge in [0, 0.05) is 6.92 Å². The van der Waals surface area contributed by atoms with Crippen molar-refractivity contribution in [2.45, 2.75) is 13.5 Å². The fourth-order valence-corrected chi connectivity index (χ4v) is 1.57. The number of aryl methyl sites for hydroxylation is 1. The highest BCUT2D eigenvalue weighted by Crippen LogP contribution is 2.05. The van der Waals surface area contributed by atoms with Gasteiger partial charge in [-0.3, -0.25) is 0 Å². The Balaban J connectivity index is 2.18. The number of imidazole rings is 1. The Kier molecular flexibility index (Phi) is 2.68. The number of hydrogen-bond donors (Lipinski definition) is 1. The molecule has 0 spiro atoms. The van der Waals surface area contributed by atoms with E-state index in [9.17, 15) is 0 Å². The van der Waals surface area contributed by atoms with Gasteiger partial charge in [0.1, 0.15) is 18.9 Å². The smallest absolute Gasteiger partial charge is 0.248 e. The van der Waals surface area contributed by atoms with Gasteiger partial charge in [0.05, 0.1) is 0 Å². The lowest BCUT2D eigenvalue weighted by Gasteiger charge is -2.00. The van der Waals surface area contributed by atoms with Gasteiger partial charge in [-0.15, -0.1) is 0 Å². The zero-order valence-electron chi connectivity index (χ0n) is 8.90. The normalized spacial score (nSPS) is 10.2. The minimum absolute atomic E-state index is 0.909. The second-order valence-corrected chi connectivity index (χ2v) is 3.62. The van der Waals surface area contributed by atoms with Crippen LogP contribution in [0.2, 0.25) is 0 Å². The molecule has 1 aromatic carbocycles. The summed E-state index contributed by atoms with van der Waals surface area (Å²) in [4.78, 5) is 3.16. The van der Waals surface area contributed by atoms with E-state index in [1.54, 1.807) is 0 Å². The zero-order chi connectivity index (χ0) is 10.7. The van der Waals surface area contributed by atoms with E-state index in [4.69, 9.17) is 0 Å². The van der Waals surface area contributed by atoms with Crippen molar-refractivity contribution in [2.24, 2.45) is 0 Å². The summed E-state index contributed by atoms with van der Waals surface area (Å²) in [6.45, 7) is 6.72. The third-order valence-electron chi connectivity index (χ3n) is 2.55. The minimum atomic E-state index is 0.909. The highest BCUT2D eigenvalue weighted by molar-refractivity contribution is 5.47. The number of hydrogen-bond acceptors (Lipinski definition) is 0. The summed E-state index contributed by atoms with van der Waals surface area (Å²) in [6.07, 6.45) is 5.86. The lowest BCUT2D eigenvalue weighted by Crippen LogP contribution is -2.34. The monoisotopic (exact) mass is 199 g/mol. The van der Waals surface area contributed by atoms with Gasteiger partial charge in [-0.05, 0) is 11.1 Å². The van der Waals surface area contributed by atoms with E-state index in [2.05, 4.69) is 53.5 Å². The molecule has 2 aromatic rings. The van der Waals surface area contributed by atoms with Gasteiger partial charge in [-0.25, -0.2) is 9.55 Å². The lowest BCUT2D eigenvalue weighted by molar-refractivity contribution is -0.693. The van der Waals surface area contributed by atoms with Gasteiger partial charge in [0.15, 0.2) is 0 Å². The van der Waals surface area contributed by atoms with Crippen molar-refractivity contribution in [3.63, 3.8) is 0 Å². The molecule has 2 nitrogen and oxygen atoms in total. The van der Waals surface area contributed by atoms with Crippen molar-refractivity contribution in [2.75, 3.05) is 0 Å². The maximum atomic E-state index is 3.74. The third-order valence-corrected chi connectivity index (χ3v) is 2.55. The number of aromatic nitrogens is 2. The zero-order valence-corrected chi connectivity index (χ0v) is 8.90. The molecule has 2 heteroatoms. The molecule has 1 N–H and O–H groups in total. The Hall–Kier alpha value is -1.83. The fraction of sp³-hybridized carbons (Fsp3) is 0.154. The van der Waals surface area contributed by atoms with Crippen LogP contribution in [0.3, 0.4) is 0 Å². The molecular weight excluding hydrogens is 184 g/mol. The minimum Gasteiger partial charge on any atom is -0.248 e. The molecule has 0 amide bonds. The quantitative estimate of drug-likeness (QED) is 0.732. The highest BCUT2D eigenvalue weighted by Gasteiger charge is 2.04. The number of H-pyrrole nitrogens is 1. The molecule has 0 saturated carbocycles. The van der Waals surface area contributed by atoms with Gasteiger partial charge in [0.25, 0.3) is 5.82 Å². The Labute approximate surface area is 89.9 Å². The number of benzene rings is 1. The van der Waals surface area contributed by atoms with Crippen LogP contribution in [0.4, 0.5) is 0 Å². The molecule has 0 aliphatic carbocycles. The SMILES string of the molecule is C=Cc1ccc(C[n+]2cc[nH]c2C)cc1. The molecule has 76 valence electrons. The van der Waals surface area contributed by atoms with Crippen molar-refractivity contribution in [3.8, 4) is 0 Å². The van der Waals surface area contributed by atoms with Gasteiger partial charge >= 0.3 is 0 Å². The molecule has 0 radical (unpaired) electrons. The van der Waals surface area contributed by atoms with Crippen molar-refractivity contribution >= 4 is 6.08 Å². The maximum absolute atomic E-state index is 3.74. The van der Waals surface area contributed by atoms with E-state index in [1.165, 1.54) is 11.4 Å². The first-order valence-corrected chi connectivity index (χ1v) is 5.04. The van der Waals surface area contributed by atoms with Crippen LogP contribution in [0.5, 0.6) is 0 Å². The topological polar surface area (TPSA) is 19.7 Å². The van der Waals surface area contributed by atoms with Crippen molar-refractivity contribution in [1.82, 2.24) is 4.98 Å². The summed E-state index contributed by atoms with van der Waals surface area (Å²) < 4.78 is 2.18. The van der Waals surface area contributed by atoms with Crippen LogP contribution < -0.4 is 4.57 Å². The van der Waals surface area contributed by atoms with Gasteiger partial charge < -0.3 is 0 Å². The van der Waals surface area contributed by atoms with E-state index in [0.29, 0.717) is 0 Å². The Morgan fingerprint density at radius 3 is 2.60 bits per heavy atom. The second kappa shape index (κ2) is 4.13. The van der Waals surface area contributed by atoms with Crippen LogP contribution >= 0.6 is 0 Å². The molecule has 2 rings (SSSR count). The first kappa shape index (κ1) is 9.71. The van der Waals surface area contributed by atoms with Crippen molar-refractivity contribution in [3.05, 3.63) is 60.2 Å². The van der Waals surface area contributed by atoms with E-state index in [1.807, 2.05) is 12.3 Å². The summed E-state index contributed by atoms with van der Waals surface area (Å²) >= 11 is 0. The van der Waals surface area contributed by atoms with Gasteiger partial charge in [-0.1, -0.05) is 36.9 Å². The number of rotatable bonds is 3.